The zero-order valence-corrected chi connectivity index (χ0v) is 42.5. The second kappa shape index (κ2) is 26.9. The van der Waals surface area contributed by atoms with Crippen LogP contribution in [0.2, 0.25) is 5.02 Å². The third kappa shape index (κ3) is 22.5. The molecule has 7 atom stereocenters. The average molecular weight is 977 g/mol. The highest BCUT2D eigenvalue weighted by molar-refractivity contribution is 6.30. The molecule has 8 N–H and O–H groups in total. The van der Waals surface area contributed by atoms with Crippen molar-refractivity contribution in [2.45, 2.75) is 162 Å². The third-order valence-corrected chi connectivity index (χ3v) is 9.89. The summed E-state index contributed by atoms with van der Waals surface area (Å²) in [7, 11) is 1.40. The molecule has 0 fully saturated rings. The molecule has 0 aliphatic rings. The minimum atomic E-state index is -1.46. The Balaban J connectivity index is 2.34. The first-order chi connectivity index (χ1) is 31.5. The number of halogens is 1. The fourth-order valence-electron chi connectivity index (χ4n) is 6.33. The Morgan fingerprint density at radius 1 is 0.618 bits per heavy atom. The van der Waals surface area contributed by atoms with Crippen LogP contribution in [-0.4, -0.2) is 133 Å². The standard InChI is InChI=1S/C48H74ClN7O12/c1-28(37(57)27-65-13)52-41(60)35(16-14-15-25-50-44(63)67-47(7,8)9)54-39(58)29(2)53-43(62)38(30(3)66-46(4,5)6)56-42(61)36(26-51-45(64)68-48(10,11)12)55-40(59)33-19-17-31(18-20-33)32-21-23-34(49)24-22-32/h17-24,28-30,35-38,57H,14-16,25-27H2,1-13H3,(H,50,63)(H,51,64)(H,52,60)(H,53,62)(H,54,58)(H,55,59)(H,56,61)/t28-,29-,30+,35-,36-,37?,38-/m0/s1. The summed E-state index contributed by atoms with van der Waals surface area (Å²) in [5.74, 6) is -3.74. The normalized spacial score (nSPS) is 14.9. The highest BCUT2D eigenvalue weighted by Crippen LogP contribution is 2.22. The van der Waals surface area contributed by atoms with Crippen molar-refractivity contribution in [1.82, 2.24) is 37.2 Å². The van der Waals surface area contributed by atoms with Crippen molar-refractivity contribution in [3.63, 3.8) is 0 Å². The fourth-order valence-corrected chi connectivity index (χ4v) is 6.46. The van der Waals surface area contributed by atoms with E-state index in [0.29, 0.717) is 17.9 Å². The minimum Gasteiger partial charge on any atom is -0.444 e. The molecular weight excluding hydrogens is 902 g/mol. The number of aliphatic hydroxyl groups excluding tert-OH is 1. The molecule has 0 heterocycles. The molecule has 0 radical (unpaired) electrons. The van der Waals surface area contributed by atoms with E-state index in [1.807, 2.05) is 12.1 Å². The van der Waals surface area contributed by atoms with E-state index in [-0.39, 0.29) is 25.1 Å². The number of hydrogen-bond donors (Lipinski definition) is 8. The van der Waals surface area contributed by atoms with Crippen LogP contribution >= 0.6 is 11.6 Å². The van der Waals surface area contributed by atoms with Crippen molar-refractivity contribution in [3.8, 4) is 11.1 Å². The van der Waals surface area contributed by atoms with Gasteiger partial charge in [-0.25, -0.2) is 9.59 Å². The maximum Gasteiger partial charge on any atom is 0.407 e. The van der Waals surface area contributed by atoms with E-state index in [2.05, 4.69) is 37.2 Å². The molecule has 2 aromatic carbocycles. The number of alkyl carbamates (subject to hydrolysis) is 2. The van der Waals surface area contributed by atoms with E-state index >= 15 is 0 Å². The first-order valence-electron chi connectivity index (χ1n) is 22.7. The average Bonchev–Trinajstić information content (AvgIpc) is 3.21. The molecule has 2 rings (SSSR count). The van der Waals surface area contributed by atoms with Crippen LogP contribution in [-0.2, 0) is 38.1 Å². The summed E-state index contributed by atoms with van der Waals surface area (Å²) in [6, 6.07) is 7.67. The molecule has 0 spiro atoms. The summed E-state index contributed by atoms with van der Waals surface area (Å²) in [6.07, 6.45) is -2.61. The maximum atomic E-state index is 14.2. The number of amides is 7. The lowest BCUT2D eigenvalue weighted by Gasteiger charge is -2.32. The van der Waals surface area contributed by atoms with E-state index < -0.39 is 107 Å². The van der Waals surface area contributed by atoms with E-state index in [1.54, 1.807) is 113 Å². The Morgan fingerprint density at radius 2 is 1.15 bits per heavy atom. The first kappa shape index (κ1) is 58.6. The van der Waals surface area contributed by atoms with Gasteiger partial charge in [0.2, 0.25) is 23.6 Å². The predicted octanol–water partition coefficient (Wildman–Crippen LogP) is 4.52. The van der Waals surface area contributed by atoms with Gasteiger partial charge in [-0.3, -0.25) is 24.0 Å². The van der Waals surface area contributed by atoms with Gasteiger partial charge in [0.1, 0.15) is 35.4 Å². The molecule has 0 saturated heterocycles. The number of ether oxygens (including phenoxy) is 4. The molecule has 19 nitrogen and oxygen atoms in total. The number of benzene rings is 2. The Labute approximate surface area is 405 Å². The summed E-state index contributed by atoms with van der Waals surface area (Å²) < 4.78 is 21.7. The predicted molar refractivity (Wildman–Crippen MR) is 258 cm³/mol. The van der Waals surface area contributed by atoms with Crippen LogP contribution in [0.15, 0.2) is 48.5 Å². The zero-order chi connectivity index (χ0) is 51.6. The van der Waals surface area contributed by atoms with Gasteiger partial charge in [0.15, 0.2) is 0 Å². The third-order valence-electron chi connectivity index (χ3n) is 9.64. The van der Waals surface area contributed by atoms with Crippen molar-refractivity contribution in [1.29, 1.82) is 0 Å². The Kier molecular flexibility index (Phi) is 23.2. The van der Waals surface area contributed by atoms with Gasteiger partial charge in [0.05, 0.1) is 37.0 Å². The van der Waals surface area contributed by atoms with Crippen molar-refractivity contribution in [2.75, 3.05) is 26.8 Å². The van der Waals surface area contributed by atoms with Crippen LogP contribution in [0.3, 0.4) is 0 Å². The summed E-state index contributed by atoms with van der Waals surface area (Å²) in [5, 5.41) is 29.4. The second-order valence-electron chi connectivity index (χ2n) is 19.5. The highest BCUT2D eigenvalue weighted by atomic mass is 35.5. The van der Waals surface area contributed by atoms with Crippen molar-refractivity contribution < 1.29 is 57.6 Å². The van der Waals surface area contributed by atoms with E-state index in [1.165, 1.54) is 14.0 Å². The van der Waals surface area contributed by atoms with Crippen molar-refractivity contribution >= 4 is 53.3 Å². The highest BCUT2D eigenvalue weighted by Gasteiger charge is 2.36. The minimum absolute atomic E-state index is 0.0556. The van der Waals surface area contributed by atoms with Crippen LogP contribution in [0.4, 0.5) is 9.59 Å². The summed E-state index contributed by atoms with van der Waals surface area (Å²) in [6.45, 7) is 19.7. The zero-order valence-electron chi connectivity index (χ0n) is 41.7. The number of carbonyl (C=O) groups excluding carboxylic acids is 7. The van der Waals surface area contributed by atoms with E-state index in [9.17, 15) is 38.7 Å². The SMILES string of the molecule is COCC(O)[C@H](C)NC(=O)[C@H](CCCCNC(=O)OC(C)(C)C)NC(=O)[C@H](C)NC(=O)[C@@H](NC(=O)[C@H](CNC(=O)OC(C)(C)C)NC(=O)c1ccc(-c2ccc(Cl)cc2)cc1)[C@@H](C)OC(C)(C)C. The van der Waals surface area contributed by atoms with E-state index in [4.69, 9.17) is 30.5 Å². The molecule has 20 heteroatoms. The molecule has 0 saturated carbocycles. The summed E-state index contributed by atoms with van der Waals surface area (Å²) in [4.78, 5) is 94.0. The molecule has 2 aromatic rings. The van der Waals surface area contributed by atoms with Gasteiger partial charge in [0.25, 0.3) is 5.91 Å². The quantitative estimate of drug-likeness (QED) is 0.0716. The maximum absolute atomic E-state index is 14.2. The van der Waals surface area contributed by atoms with Gasteiger partial charge >= 0.3 is 12.2 Å². The van der Waals surface area contributed by atoms with Crippen LogP contribution in [0.5, 0.6) is 0 Å². The van der Waals surface area contributed by atoms with Crippen molar-refractivity contribution in [2.24, 2.45) is 0 Å². The van der Waals surface area contributed by atoms with Crippen molar-refractivity contribution in [3.05, 3.63) is 59.1 Å². The number of aliphatic hydroxyl groups is 1. The second-order valence-corrected chi connectivity index (χ2v) is 19.9. The van der Waals surface area contributed by atoms with Gasteiger partial charge in [-0.1, -0.05) is 35.9 Å². The van der Waals surface area contributed by atoms with Crippen LogP contribution in [0.25, 0.3) is 11.1 Å². The molecule has 380 valence electrons. The van der Waals surface area contributed by atoms with Crippen LogP contribution < -0.4 is 37.2 Å². The van der Waals surface area contributed by atoms with Gasteiger partial charge < -0.3 is 61.3 Å². The van der Waals surface area contributed by atoms with Crippen LogP contribution in [0.1, 0.15) is 113 Å². The number of unbranched alkanes of at least 4 members (excludes halogenated alkanes) is 1. The Bertz CT molecular complexity index is 1980. The first-order valence-corrected chi connectivity index (χ1v) is 23.0. The molecule has 68 heavy (non-hydrogen) atoms. The summed E-state index contributed by atoms with van der Waals surface area (Å²) in [5.41, 5.74) is -0.517. The lowest BCUT2D eigenvalue weighted by atomic mass is 10.0. The molecule has 1 unspecified atom stereocenters. The number of hydrogen-bond acceptors (Lipinski definition) is 12. The molecule has 0 aliphatic carbocycles. The lowest BCUT2D eigenvalue weighted by molar-refractivity contribution is -0.139. The van der Waals surface area contributed by atoms with Gasteiger partial charge in [0, 0.05) is 24.2 Å². The number of nitrogens with one attached hydrogen (secondary N) is 7. The number of carbonyl (C=O) groups is 7. The Morgan fingerprint density at radius 3 is 1.68 bits per heavy atom. The molecule has 0 aromatic heterocycles. The molecule has 7 amide bonds. The number of methoxy groups -OCH3 is 1. The topological polar surface area (TPSA) is 261 Å². The molecule has 0 bridgehead atoms. The van der Waals surface area contributed by atoms with Gasteiger partial charge in [-0.05, 0) is 138 Å². The summed E-state index contributed by atoms with van der Waals surface area (Å²) >= 11 is 6.04. The Hall–Kier alpha value is -5.50. The van der Waals surface area contributed by atoms with E-state index in [0.717, 1.165) is 11.1 Å². The van der Waals surface area contributed by atoms with Gasteiger partial charge in [-0.2, -0.15) is 0 Å². The number of rotatable bonds is 23. The smallest absolute Gasteiger partial charge is 0.407 e. The fraction of sp³-hybridized carbons (Fsp3) is 0.604. The largest absolute Gasteiger partial charge is 0.444 e. The lowest BCUT2D eigenvalue weighted by Crippen LogP contribution is -2.62. The van der Waals surface area contributed by atoms with Crippen LogP contribution in [0, 0.1) is 0 Å². The molecular formula is C48H74ClN7O12. The monoisotopic (exact) mass is 976 g/mol. The molecule has 0 aliphatic heterocycles. The van der Waals surface area contributed by atoms with Gasteiger partial charge in [-0.15, -0.1) is 0 Å².